The van der Waals surface area contributed by atoms with E-state index in [0.29, 0.717) is 5.41 Å². The third kappa shape index (κ3) is 2.26. The molecule has 0 saturated heterocycles. The summed E-state index contributed by atoms with van der Waals surface area (Å²) in [5.41, 5.74) is 7.63. The van der Waals surface area contributed by atoms with Crippen LogP contribution in [0.1, 0.15) is 85.5 Å². The second-order valence-electron chi connectivity index (χ2n) is 10.7. The molecule has 4 aliphatic rings. The molecule has 3 nitrogen and oxygen atoms in total. The first kappa shape index (κ1) is 17.9. The molecular weight excluding hydrogens is 308 g/mol. The van der Waals surface area contributed by atoms with Crippen LogP contribution < -0.4 is 5.73 Å². The lowest BCUT2D eigenvalue weighted by molar-refractivity contribution is -0.123. The Kier molecular flexibility index (Phi) is 4.15. The Hall–Kier alpha value is -0.440. The molecule has 0 aromatic heterocycles. The molecule has 4 rings (SSSR count). The Morgan fingerprint density at radius 2 is 1.84 bits per heavy atom. The maximum Gasteiger partial charge on any atom is 0.0937 e. The van der Waals surface area contributed by atoms with Crippen LogP contribution in [0.2, 0.25) is 0 Å². The number of hydrogen-bond donors (Lipinski definition) is 1. The average Bonchev–Trinajstić information content (AvgIpc) is 2.86. The lowest BCUT2D eigenvalue weighted by atomic mass is 9.42. The third-order valence-corrected chi connectivity index (χ3v) is 10.3. The molecular formula is C22H38N2O. The van der Waals surface area contributed by atoms with Gasteiger partial charge in [0.25, 0.3) is 0 Å². The van der Waals surface area contributed by atoms with E-state index in [1.165, 1.54) is 32.1 Å². The molecule has 5 unspecified atom stereocenters. The number of nitrogens with two attached hydrogens (primary N) is 1. The lowest BCUT2D eigenvalue weighted by Gasteiger charge is -2.64. The van der Waals surface area contributed by atoms with Crippen LogP contribution in [0.5, 0.6) is 0 Å². The Bertz CT molecular complexity index is 550. The molecule has 9 atom stereocenters. The van der Waals surface area contributed by atoms with Gasteiger partial charge in [-0.2, -0.15) is 4.91 Å². The first-order chi connectivity index (χ1) is 11.8. The number of nitrogens with zero attached hydrogens (tertiary/aromatic N) is 1. The number of rotatable bonds is 2. The summed E-state index contributed by atoms with van der Waals surface area (Å²) < 4.78 is 0. The minimum atomic E-state index is -0.160. The van der Waals surface area contributed by atoms with E-state index in [-0.39, 0.29) is 17.0 Å². The summed E-state index contributed by atoms with van der Waals surface area (Å²) in [5, 5.41) is 3.38. The van der Waals surface area contributed by atoms with Crippen molar-refractivity contribution in [3.05, 3.63) is 4.91 Å². The fourth-order valence-corrected chi connectivity index (χ4v) is 8.35. The first-order valence-electron chi connectivity index (χ1n) is 10.9. The molecule has 0 amide bonds. The van der Waals surface area contributed by atoms with Gasteiger partial charge >= 0.3 is 0 Å². The van der Waals surface area contributed by atoms with Gasteiger partial charge in [0.15, 0.2) is 0 Å². The zero-order chi connectivity index (χ0) is 18.0. The summed E-state index contributed by atoms with van der Waals surface area (Å²) in [6.07, 6.45) is 10.8. The van der Waals surface area contributed by atoms with Crippen LogP contribution in [-0.4, -0.2) is 11.6 Å². The summed E-state index contributed by atoms with van der Waals surface area (Å²) >= 11 is 0. The van der Waals surface area contributed by atoms with E-state index < -0.39 is 0 Å². The smallest absolute Gasteiger partial charge is 0.0937 e. The minimum absolute atomic E-state index is 0.0422. The number of fused-ring (bicyclic) bond motifs is 5. The SMILES string of the molecule is CC[C@H]1CC2C3CC[C@@]4(N)C[C@@H](N=O)CCC4(C)C3CC[C@]2(C)C1C. The summed E-state index contributed by atoms with van der Waals surface area (Å²) in [6.45, 7) is 10.0. The van der Waals surface area contributed by atoms with Crippen molar-refractivity contribution < 1.29 is 0 Å². The van der Waals surface area contributed by atoms with E-state index in [4.69, 9.17) is 5.73 Å². The molecule has 0 spiro atoms. The lowest BCUT2D eigenvalue weighted by Crippen LogP contribution is -2.66. The fraction of sp³-hybridized carbons (Fsp3) is 1.00. The maximum atomic E-state index is 11.2. The topological polar surface area (TPSA) is 55.4 Å². The third-order valence-electron chi connectivity index (χ3n) is 10.3. The zero-order valence-corrected chi connectivity index (χ0v) is 16.8. The molecule has 0 heterocycles. The van der Waals surface area contributed by atoms with Crippen LogP contribution in [0.25, 0.3) is 0 Å². The summed E-state index contributed by atoms with van der Waals surface area (Å²) in [6, 6.07) is -0.0422. The highest BCUT2D eigenvalue weighted by atomic mass is 16.3. The minimum Gasteiger partial charge on any atom is -0.325 e. The average molecular weight is 347 g/mol. The molecule has 0 radical (unpaired) electrons. The van der Waals surface area contributed by atoms with Crippen LogP contribution >= 0.6 is 0 Å². The largest absolute Gasteiger partial charge is 0.325 e. The first-order valence-corrected chi connectivity index (χ1v) is 10.9. The number of hydrogen-bond acceptors (Lipinski definition) is 3. The van der Waals surface area contributed by atoms with E-state index in [0.717, 1.165) is 55.3 Å². The molecule has 0 aromatic carbocycles. The van der Waals surface area contributed by atoms with E-state index in [1.54, 1.807) is 0 Å². The van der Waals surface area contributed by atoms with Crippen molar-refractivity contribution in [2.45, 2.75) is 97.1 Å². The normalized spacial score (nSPS) is 58.1. The molecule has 2 N–H and O–H groups in total. The van der Waals surface area contributed by atoms with Crippen LogP contribution in [0.15, 0.2) is 5.18 Å². The van der Waals surface area contributed by atoms with E-state index >= 15 is 0 Å². The van der Waals surface area contributed by atoms with Crippen LogP contribution in [0, 0.1) is 45.3 Å². The Morgan fingerprint density at radius 3 is 2.52 bits per heavy atom. The molecule has 3 heteroatoms. The molecule has 4 fully saturated rings. The van der Waals surface area contributed by atoms with Crippen molar-refractivity contribution in [2.24, 2.45) is 51.3 Å². The van der Waals surface area contributed by atoms with Gasteiger partial charge in [0.1, 0.15) is 0 Å². The van der Waals surface area contributed by atoms with Gasteiger partial charge in [-0.3, -0.25) is 0 Å². The van der Waals surface area contributed by atoms with Crippen molar-refractivity contribution in [3.63, 3.8) is 0 Å². The van der Waals surface area contributed by atoms with Gasteiger partial charge in [-0.1, -0.05) is 39.3 Å². The predicted molar refractivity (Wildman–Crippen MR) is 103 cm³/mol. The van der Waals surface area contributed by atoms with Gasteiger partial charge in [0, 0.05) is 5.54 Å². The second-order valence-corrected chi connectivity index (χ2v) is 10.7. The summed E-state index contributed by atoms with van der Waals surface area (Å²) in [4.78, 5) is 11.2. The Morgan fingerprint density at radius 1 is 1.08 bits per heavy atom. The Labute approximate surface area is 153 Å². The monoisotopic (exact) mass is 346 g/mol. The highest BCUT2D eigenvalue weighted by molar-refractivity contribution is 5.16. The van der Waals surface area contributed by atoms with Gasteiger partial charge < -0.3 is 5.73 Å². The van der Waals surface area contributed by atoms with Gasteiger partial charge in [-0.25, -0.2) is 0 Å². The molecule has 0 bridgehead atoms. The van der Waals surface area contributed by atoms with Gasteiger partial charge in [-0.15, -0.1) is 0 Å². The van der Waals surface area contributed by atoms with E-state index in [9.17, 15) is 4.91 Å². The van der Waals surface area contributed by atoms with E-state index in [1.807, 2.05) is 0 Å². The summed E-state index contributed by atoms with van der Waals surface area (Å²) in [5.74, 6) is 4.31. The molecule has 142 valence electrons. The van der Waals surface area contributed by atoms with Gasteiger partial charge in [-0.05, 0) is 91.8 Å². The van der Waals surface area contributed by atoms with Crippen molar-refractivity contribution in [1.29, 1.82) is 0 Å². The zero-order valence-electron chi connectivity index (χ0n) is 16.8. The fourth-order valence-electron chi connectivity index (χ4n) is 8.35. The van der Waals surface area contributed by atoms with Crippen molar-refractivity contribution >= 4 is 0 Å². The number of nitroso groups, excluding NO2 is 1. The Balaban J connectivity index is 1.64. The van der Waals surface area contributed by atoms with E-state index in [2.05, 4.69) is 32.9 Å². The second kappa shape index (κ2) is 5.78. The van der Waals surface area contributed by atoms with Gasteiger partial charge in [0.05, 0.1) is 6.04 Å². The molecule has 4 saturated carbocycles. The molecule has 0 aliphatic heterocycles. The molecule has 25 heavy (non-hydrogen) atoms. The molecule has 4 aliphatic carbocycles. The standard InChI is InChI=1S/C22H38N2O/c1-5-15-12-19-17-7-11-22(23)13-16(24-25)6-10-21(22,4)18(17)8-9-20(19,3)14(15)2/h14-19H,5-13,23H2,1-4H3/t14?,15-,16-,17?,18?,19?,20+,21?,22+/m0/s1. The predicted octanol–water partition coefficient (Wildman–Crippen LogP) is 5.52. The van der Waals surface area contributed by atoms with Crippen molar-refractivity contribution in [3.8, 4) is 0 Å². The highest BCUT2D eigenvalue weighted by Crippen LogP contribution is 2.69. The van der Waals surface area contributed by atoms with Crippen LogP contribution in [-0.2, 0) is 0 Å². The molecule has 0 aromatic rings. The quantitative estimate of drug-likeness (QED) is 0.669. The maximum absolute atomic E-state index is 11.2. The summed E-state index contributed by atoms with van der Waals surface area (Å²) in [7, 11) is 0. The highest BCUT2D eigenvalue weighted by Gasteiger charge is 2.64. The van der Waals surface area contributed by atoms with Crippen LogP contribution in [0.4, 0.5) is 0 Å². The van der Waals surface area contributed by atoms with Gasteiger partial charge in [0.2, 0.25) is 0 Å². The van der Waals surface area contributed by atoms with Crippen LogP contribution in [0.3, 0.4) is 0 Å². The van der Waals surface area contributed by atoms with Crippen molar-refractivity contribution in [1.82, 2.24) is 0 Å². The van der Waals surface area contributed by atoms with Crippen molar-refractivity contribution in [2.75, 3.05) is 0 Å².